The van der Waals surface area contributed by atoms with E-state index in [1.807, 2.05) is 18.0 Å². The lowest BCUT2D eigenvalue weighted by atomic mass is 9.74. The lowest BCUT2D eigenvalue weighted by Crippen LogP contribution is -2.52. The number of rotatable bonds is 5. The summed E-state index contributed by atoms with van der Waals surface area (Å²) in [6.45, 7) is 5.31. The van der Waals surface area contributed by atoms with Crippen molar-refractivity contribution in [3.05, 3.63) is 18.0 Å². The van der Waals surface area contributed by atoms with Crippen molar-refractivity contribution in [1.29, 1.82) is 0 Å². The van der Waals surface area contributed by atoms with E-state index in [-0.39, 0.29) is 11.6 Å². The van der Waals surface area contributed by atoms with E-state index in [9.17, 15) is 0 Å². The molecule has 0 aromatic carbocycles. The van der Waals surface area contributed by atoms with Gasteiger partial charge in [0.25, 0.3) is 0 Å². The third-order valence-corrected chi connectivity index (χ3v) is 4.67. The largest absolute Gasteiger partial charge is 0.377 e. The summed E-state index contributed by atoms with van der Waals surface area (Å²) < 4.78 is 7.79. The Hall–Kier alpha value is -0.870. The molecule has 0 spiro atoms. The van der Waals surface area contributed by atoms with Crippen molar-refractivity contribution in [2.45, 2.75) is 64.1 Å². The fourth-order valence-corrected chi connectivity index (χ4v) is 3.10. The van der Waals surface area contributed by atoms with Crippen LogP contribution in [0.4, 0.5) is 0 Å². The Morgan fingerprint density at radius 2 is 2.21 bits per heavy atom. The molecule has 1 aromatic heterocycles. The van der Waals surface area contributed by atoms with Crippen LogP contribution < -0.4 is 5.73 Å². The zero-order valence-corrected chi connectivity index (χ0v) is 12.4. The minimum Gasteiger partial charge on any atom is -0.377 e. The first kappa shape index (κ1) is 14.5. The first-order valence-corrected chi connectivity index (χ1v) is 7.41. The first-order valence-electron chi connectivity index (χ1n) is 7.41. The summed E-state index contributed by atoms with van der Waals surface area (Å²) in [6.07, 6.45) is 9.46. The molecule has 0 saturated heterocycles. The van der Waals surface area contributed by atoms with Gasteiger partial charge in [0.2, 0.25) is 0 Å². The van der Waals surface area contributed by atoms with Gasteiger partial charge in [-0.2, -0.15) is 5.10 Å². The highest BCUT2D eigenvalue weighted by molar-refractivity contribution is 5.09. The molecule has 19 heavy (non-hydrogen) atoms. The van der Waals surface area contributed by atoms with Crippen LogP contribution in [0.1, 0.15) is 45.1 Å². The number of hydrogen-bond acceptors (Lipinski definition) is 3. The van der Waals surface area contributed by atoms with E-state index in [4.69, 9.17) is 10.5 Å². The topological polar surface area (TPSA) is 53.1 Å². The zero-order chi connectivity index (χ0) is 13.9. The van der Waals surface area contributed by atoms with E-state index in [0.717, 1.165) is 31.7 Å². The van der Waals surface area contributed by atoms with Crippen LogP contribution in [0.25, 0.3) is 0 Å². The quantitative estimate of drug-likeness (QED) is 0.889. The Bertz CT molecular complexity index is 394. The zero-order valence-electron chi connectivity index (χ0n) is 12.4. The predicted molar refractivity (Wildman–Crippen MR) is 77.0 cm³/mol. The molecule has 0 amide bonds. The second-order valence-corrected chi connectivity index (χ2v) is 5.97. The maximum absolute atomic E-state index is 6.46. The molecule has 0 bridgehead atoms. The third-order valence-electron chi connectivity index (χ3n) is 4.67. The van der Waals surface area contributed by atoms with Gasteiger partial charge in [0.05, 0.1) is 11.8 Å². The average Bonchev–Trinajstić information content (AvgIpc) is 2.87. The van der Waals surface area contributed by atoms with Gasteiger partial charge >= 0.3 is 0 Å². The van der Waals surface area contributed by atoms with Crippen molar-refractivity contribution in [2.24, 2.45) is 11.7 Å². The molecule has 4 nitrogen and oxygen atoms in total. The van der Waals surface area contributed by atoms with Crippen LogP contribution in [0.15, 0.2) is 12.4 Å². The highest BCUT2D eigenvalue weighted by Crippen LogP contribution is 2.37. The van der Waals surface area contributed by atoms with E-state index in [0.29, 0.717) is 0 Å². The second-order valence-electron chi connectivity index (χ2n) is 5.97. The normalized spacial score (nSPS) is 29.4. The van der Waals surface area contributed by atoms with Crippen LogP contribution in [-0.4, -0.2) is 28.5 Å². The van der Waals surface area contributed by atoms with E-state index < -0.39 is 0 Å². The van der Waals surface area contributed by atoms with Gasteiger partial charge < -0.3 is 10.5 Å². The van der Waals surface area contributed by atoms with Crippen molar-refractivity contribution in [3.8, 4) is 0 Å². The molecule has 0 aliphatic heterocycles. The van der Waals surface area contributed by atoms with Crippen molar-refractivity contribution in [2.75, 3.05) is 7.11 Å². The Labute approximate surface area is 116 Å². The molecule has 2 rings (SSSR count). The number of methoxy groups -OCH3 is 1. The molecular formula is C15H27N3O. The lowest BCUT2D eigenvalue weighted by molar-refractivity contribution is -0.0659. The molecular weight excluding hydrogens is 238 g/mol. The summed E-state index contributed by atoms with van der Waals surface area (Å²) in [4.78, 5) is 0. The predicted octanol–water partition coefficient (Wildman–Crippen LogP) is 2.37. The second kappa shape index (κ2) is 6.06. The molecule has 1 aliphatic rings. The summed E-state index contributed by atoms with van der Waals surface area (Å²) in [5.74, 6) is 0.804. The molecule has 4 heteroatoms. The van der Waals surface area contributed by atoms with Crippen LogP contribution in [0.2, 0.25) is 0 Å². The SMILES string of the molecule is CCn1cc(CC(N)C2(OC)CCC(C)CC2)cn1. The average molecular weight is 265 g/mol. The van der Waals surface area contributed by atoms with Gasteiger partial charge in [-0.3, -0.25) is 4.68 Å². The van der Waals surface area contributed by atoms with E-state index >= 15 is 0 Å². The van der Waals surface area contributed by atoms with Crippen molar-refractivity contribution >= 4 is 0 Å². The number of nitrogens with zero attached hydrogens (tertiary/aromatic N) is 2. The molecule has 1 atom stereocenters. The van der Waals surface area contributed by atoms with Gasteiger partial charge in [-0.1, -0.05) is 6.92 Å². The summed E-state index contributed by atoms with van der Waals surface area (Å²) in [7, 11) is 1.81. The number of hydrogen-bond donors (Lipinski definition) is 1. The van der Waals surface area contributed by atoms with E-state index in [1.165, 1.54) is 18.4 Å². The summed E-state index contributed by atoms with van der Waals surface area (Å²) >= 11 is 0. The van der Waals surface area contributed by atoms with Crippen molar-refractivity contribution in [3.63, 3.8) is 0 Å². The van der Waals surface area contributed by atoms with Crippen molar-refractivity contribution < 1.29 is 4.74 Å². The Balaban J connectivity index is 2.02. The van der Waals surface area contributed by atoms with E-state index in [2.05, 4.69) is 25.1 Å². The molecule has 1 fully saturated rings. The molecule has 108 valence electrons. The van der Waals surface area contributed by atoms with Gasteiger partial charge in [0.15, 0.2) is 0 Å². The standard InChI is InChI=1S/C15H27N3O/c1-4-18-11-13(10-17-18)9-14(16)15(19-3)7-5-12(2)6-8-15/h10-12,14H,4-9,16H2,1-3H3. The Morgan fingerprint density at radius 1 is 1.53 bits per heavy atom. The maximum Gasteiger partial charge on any atom is 0.0832 e. The molecule has 2 N–H and O–H groups in total. The van der Waals surface area contributed by atoms with Crippen LogP contribution >= 0.6 is 0 Å². The maximum atomic E-state index is 6.46. The van der Waals surface area contributed by atoms with Crippen LogP contribution in [0.3, 0.4) is 0 Å². The van der Waals surface area contributed by atoms with Crippen LogP contribution in [0.5, 0.6) is 0 Å². The molecule has 1 aliphatic carbocycles. The summed E-state index contributed by atoms with van der Waals surface area (Å²) in [5, 5.41) is 4.31. The number of ether oxygens (including phenoxy) is 1. The van der Waals surface area contributed by atoms with Gasteiger partial charge in [-0.15, -0.1) is 0 Å². The fourth-order valence-electron chi connectivity index (χ4n) is 3.10. The Morgan fingerprint density at radius 3 is 2.74 bits per heavy atom. The number of nitrogens with two attached hydrogens (primary N) is 1. The number of aryl methyl sites for hydroxylation is 1. The third kappa shape index (κ3) is 3.18. The van der Waals surface area contributed by atoms with Crippen molar-refractivity contribution in [1.82, 2.24) is 9.78 Å². The smallest absolute Gasteiger partial charge is 0.0832 e. The molecule has 1 aromatic rings. The molecule has 1 heterocycles. The van der Waals surface area contributed by atoms with Crippen LogP contribution in [0, 0.1) is 5.92 Å². The lowest BCUT2D eigenvalue weighted by Gasteiger charge is -2.42. The number of aromatic nitrogens is 2. The van der Waals surface area contributed by atoms with Gasteiger partial charge in [-0.05, 0) is 50.5 Å². The molecule has 0 radical (unpaired) electrons. The summed E-state index contributed by atoms with van der Waals surface area (Å²) in [5.41, 5.74) is 7.53. The van der Waals surface area contributed by atoms with Gasteiger partial charge in [0, 0.05) is 25.9 Å². The fraction of sp³-hybridized carbons (Fsp3) is 0.800. The highest BCUT2D eigenvalue weighted by Gasteiger charge is 2.39. The molecule has 1 saturated carbocycles. The van der Waals surface area contributed by atoms with Gasteiger partial charge in [0.1, 0.15) is 0 Å². The molecule has 1 unspecified atom stereocenters. The van der Waals surface area contributed by atoms with Crippen LogP contribution in [-0.2, 0) is 17.7 Å². The highest BCUT2D eigenvalue weighted by atomic mass is 16.5. The minimum absolute atomic E-state index is 0.0551. The van der Waals surface area contributed by atoms with Gasteiger partial charge in [-0.25, -0.2) is 0 Å². The minimum atomic E-state index is -0.138. The monoisotopic (exact) mass is 265 g/mol. The first-order chi connectivity index (χ1) is 9.09. The summed E-state index contributed by atoms with van der Waals surface area (Å²) in [6, 6.07) is 0.0551. The Kier molecular flexibility index (Phi) is 4.63. The van der Waals surface area contributed by atoms with E-state index in [1.54, 1.807) is 0 Å².